The predicted molar refractivity (Wildman–Crippen MR) is 51.1 cm³/mol. The molecule has 0 aliphatic heterocycles. The van der Waals surface area contributed by atoms with E-state index in [2.05, 4.69) is 9.97 Å². The average Bonchev–Trinajstić information content (AvgIpc) is 2.14. The van der Waals surface area contributed by atoms with Gasteiger partial charge in [0.1, 0.15) is 0 Å². The fourth-order valence-corrected chi connectivity index (χ4v) is 1.46. The summed E-state index contributed by atoms with van der Waals surface area (Å²) in [5, 5.41) is 9.26. The topological polar surface area (TPSA) is 55.2 Å². The number of nitrogens with zero attached hydrogens (tertiary/aromatic N) is 2. The molecule has 0 fully saturated rings. The molecule has 0 saturated heterocycles. The van der Waals surface area contributed by atoms with Crippen LogP contribution in [0.2, 0.25) is 0 Å². The fourth-order valence-electron chi connectivity index (χ4n) is 0.819. The minimum Gasteiger partial charge on any atom is -0.481 e. The Balaban J connectivity index is 2.76. The van der Waals surface area contributed by atoms with E-state index in [0.29, 0.717) is 16.8 Å². The molecule has 4 nitrogen and oxygen atoms in total. The lowest BCUT2D eigenvalue weighted by Crippen LogP contribution is -1.96. The molecule has 0 aliphatic rings. The normalized spacial score (nSPS) is 10.1. The molecular weight excluding hydrogens is 188 g/mol. The summed E-state index contributed by atoms with van der Waals surface area (Å²) < 4.78 is 4.99. The number of ether oxygens (including phenoxy) is 1. The molecule has 0 atom stereocenters. The number of hydrogen-bond acceptors (Lipinski definition) is 5. The molecule has 0 amide bonds. The second-order valence-corrected chi connectivity index (χ2v) is 3.47. The summed E-state index contributed by atoms with van der Waals surface area (Å²) in [6.45, 7) is 2.01. The molecule has 5 heteroatoms. The predicted octanol–water partition coefficient (Wildman–Crippen LogP) is 0.878. The van der Waals surface area contributed by atoms with E-state index in [1.54, 1.807) is 13.2 Å². The highest BCUT2D eigenvalue weighted by Gasteiger charge is 2.01. The molecule has 0 saturated carbocycles. The van der Waals surface area contributed by atoms with Gasteiger partial charge in [-0.2, -0.15) is 4.98 Å². The van der Waals surface area contributed by atoms with E-state index in [1.165, 1.54) is 11.8 Å². The van der Waals surface area contributed by atoms with E-state index >= 15 is 0 Å². The molecular formula is C8H12N2O2S. The Labute approximate surface area is 81.4 Å². The van der Waals surface area contributed by atoms with Gasteiger partial charge in [-0.3, -0.25) is 0 Å². The number of aromatic nitrogens is 2. The molecule has 1 rings (SSSR count). The highest BCUT2D eigenvalue weighted by Crippen LogP contribution is 2.16. The SMILES string of the molecule is COc1cc(C)nc(SCCO)n1. The van der Waals surface area contributed by atoms with Crippen molar-refractivity contribution < 1.29 is 9.84 Å². The van der Waals surface area contributed by atoms with E-state index in [4.69, 9.17) is 9.84 Å². The summed E-state index contributed by atoms with van der Waals surface area (Å²) in [6, 6.07) is 1.77. The van der Waals surface area contributed by atoms with Crippen molar-refractivity contribution in [2.24, 2.45) is 0 Å². The van der Waals surface area contributed by atoms with Gasteiger partial charge < -0.3 is 9.84 Å². The zero-order valence-corrected chi connectivity index (χ0v) is 8.47. The van der Waals surface area contributed by atoms with E-state index in [-0.39, 0.29) is 6.61 Å². The first kappa shape index (κ1) is 10.3. The quantitative estimate of drug-likeness (QED) is 0.577. The summed E-state index contributed by atoms with van der Waals surface area (Å²) in [4.78, 5) is 8.29. The minimum atomic E-state index is 0.129. The van der Waals surface area contributed by atoms with Crippen molar-refractivity contribution in [1.82, 2.24) is 9.97 Å². The van der Waals surface area contributed by atoms with Crippen molar-refractivity contribution in [2.75, 3.05) is 19.5 Å². The molecule has 0 bridgehead atoms. The summed E-state index contributed by atoms with van der Waals surface area (Å²) in [7, 11) is 1.57. The van der Waals surface area contributed by atoms with Crippen molar-refractivity contribution in [3.63, 3.8) is 0 Å². The lowest BCUT2D eigenvalue weighted by Gasteiger charge is -2.02. The Morgan fingerprint density at radius 3 is 2.92 bits per heavy atom. The van der Waals surface area contributed by atoms with Gasteiger partial charge in [0.15, 0.2) is 5.16 Å². The van der Waals surface area contributed by atoms with Gasteiger partial charge in [0.05, 0.1) is 13.7 Å². The number of aliphatic hydroxyl groups excluding tert-OH is 1. The summed E-state index contributed by atoms with van der Waals surface area (Å²) in [5.74, 6) is 1.17. The molecule has 0 aliphatic carbocycles. The third-order valence-corrected chi connectivity index (χ3v) is 2.17. The number of aliphatic hydroxyl groups is 1. The third-order valence-electron chi connectivity index (χ3n) is 1.34. The van der Waals surface area contributed by atoms with Crippen LogP contribution in [0.4, 0.5) is 0 Å². The largest absolute Gasteiger partial charge is 0.481 e. The maximum absolute atomic E-state index is 8.62. The number of thioether (sulfide) groups is 1. The lowest BCUT2D eigenvalue weighted by atomic mass is 10.4. The van der Waals surface area contributed by atoms with Crippen LogP contribution >= 0.6 is 11.8 Å². The van der Waals surface area contributed by atoms with Gasteiger partial charge in [-0.1, -0.05) is 11.8 Å². The summed E-state index contributed by atoms with van der Waals surface area (Å²) >= 11 is 1.41. The standard InChI is InChI=1S/C8H12N2O2S/c1-6-5-7(12-2)10-8(9-6)13-4-3-11/h5,11H,3-4H2,1-2H3. The van der Waals surface area contributed by atoms with Crippen LogP contribution in [0.25, 0.3) is 0 Å². The van der Waals surface area contributed by atoms with Crippen molar-refractivity contribution in [1.29, 1.82) is 0 Å². The Morgan fingerprint density at radius 1 is 1.54 bits per heavy atom. The maximum Gasteiger partial charge on any atom is 0.217 e. The monoisotopic (exact) mass is 200 g/mol. The first-order valence-electron chi connectivity index (χ1n) is 3.89. The smallest absolute Gasteiger partial charge is 0.217 e. The number of aryl methyl sites for hydroxylation is 1. The highest BCUT2D eigenvalue weighted by atomic mass is 32.2. The lowest BCUT2D eigenvalue weighted by molar-refractivity contribution is 0.322. The molecule has 72 valence electrons. The van der Waals surface area contributed by atoms with Crippen LogP contribution in [0.15, 0.2) is 11.2 Å². The minimum absolute atomic E-state index is 0.129. The van der Waals surface area contributed by atoms with Crippen LogP contribution in [0.3, 0.4) is 0 Å². The first-order chi connectivity index (χ1) is 6.26. The molecule has 0 spiro atoms. The molecule has 0 aromatic carbocycles. The molecule has 0 radical (unpaired) electrons. The maximum atomic E-state index is 8.62. The fraction of sp³-hybridized carbons (Fsp3) is 0.500. The second-order valence-electron chi connectivity index (χ2n) is 2.41. The van der Waals surface area contributed by atoms with E-state index in [1.807, 2.05) is 6.92 Å². The average molecular weight is 200 g/mol. The third kappa shape index (κ3) is 3.20. The van der Waals surface area contributed by atoms with Gasteiger partial charge in [0.2, 0.25) is 5.88 Å². The van der Waals surface area contributed by atoms with E-state index in [9.17, 15) is 0 Å². The number of methoxy groups -OCH3 is 1. The van der Waals surface area contributed by atoms with Crippen LogP contribution in [-0.2, 0) is 0 Å². The van der Waals surface area contributed by atoms with Gasteiger partial charge in [0, 0.05) is 17.5 Å². The number of rotatable bonds is 4. The Morgan fingerprint density at radius 2 is 2.31 bits per heavy atom. The molecule has 13 heavy (non-hydrogen) atoms. The summed E-state index contributed by atoms with van der Waals surface area (Å²) in [6.07, 6.45) is 0. The molecule has 1 N–H and O–H groups in total. The van der Waals surface area contributed by atoms with E-state index < -0.39 is 0 Å². The van der Waals surface area contributed by atoms with Gasteiger partial charge in [-0.15, -0.1) is 0 Å². The van der Waals surface area contributed by atoms with Crippen molar-refractivity contribution in [3.05, 3.63) is 11.8 Å². The van der Waals surface area contributed by atoms with Crippen molar-refractivity contribution in [3.8, 4) is 5.88 Å². The van der Waals surface area contributed by atoms with Gasteiger partial charge >= 0.3 is 0 Å². The van der Waals surface area contributed by atoms with Crippen molar-refractivity contribution in [2.45, 2.75) is 12.1 Å². The second kappa shape index (κ2) is 5.04. The zero-order valence-electron chi connectivity index (χ0n) is 7.65. The molecule has 1 aromatic rings. The van der Waals surface area contributed by atoms with Gasteiger partial charge in [-0.25, -0.2) is 4.98 Å². The molecule has 0 unspecified atom stereocenters. The highest BCUT2D eigenvalue weighted by molar-refractivity contribution is 7.99. The molecule has 1 aromatic heterocycles. The zero-order chi connectivity index (χ0) is 9.68. The van der Waals surface area contributed by atoms with Crippen molar-refractivity contribution >= 4 is 11.8 Å². The Kier molecular flexibility index (Phi) is 3.98. The van der Waals surface area contributed by atoms with Crippen LogP contribution in [0, 0.1) is 6.92 Å². The van der Waals surface area contributed by atoms with Gasteiger partial charge in [0.25, 0.3) is 0 Å². The van der Waals surface area contributed by atoms with Crippen LogP contribution in [0.5, 0.6) is 5.88 Å². The summed E-state index contributed by atoms with van der Waals surface area (Å²) in [5.41, 5.74) is 0.868. The van der Waals surface area contributed by atoms with Crippen LogP contribution in [-0.4, -0.2) is 34.5 Å². The van der Waals surface area contributed by atoms with Crippen LogP contribution < -0.4 is 4.74 Å². The number of hydrogen-bond donors (Lipinski definition) is 1. The van der Waals surface area contributed by atoms with E-state index in [0.717, 1.165) is 5.69 Å². The Bertz CT molecular complexity index is 281. The first-order valence-corrected chi connectivity index (χ1v) is 4.88. The van der Waals surface area contributed by atoms with Gasteiger partial charge in [-0.05, 0) is 6.92 Å². The molecule has 1 heterocycles. The Hall–Kier alpha value is -0.810. The van der Waals surface area contributed by atoms with Crippen LogP contribution in [0.1, 0.15) is 5.69 Å².